The Morgan fingerprint density at radius 1 is 0.889 bits per heavy atom. The Morgan fingerprint density at radius 3 is 2.18 bits per heavy atom. The van der Waals surface area contributed by atoms with Gasteiger partial charge in [0, 0.05) is 28.5 Å². The lowest BCUT2D eigenvalue weighted by atomic mass is 10.0. The first-order valence-corrected chi connectivity index (χ1v) is 16.9. The summed E-state index contributed by atoms with van der Waals surface area (Å²) in [7, 11) is -2.78. The smallest absolute Gasteiger partial charge is 0.264 e. The topological polar surface area (TPSA) is 96.0 Å². The highest BCUT2D eigenvalue weighted by Crippen LogP contribution is 2.28. The maximum Gasteiger partial charge on any atom is 0.264 e. The Kier molecular flexibility index (Phi) is 11.7. The molecular weight excluding hydrogens is 678 g/mol. The minimum Gasteiger partial charge on any atom is -0.497 e. The number of benzene rings is 4. The van der Waals surface area contributed by atoms with Crippen molar-refractivity contribution in [1.82, 2.24) is 10.2 Å². The van der Waals surface area contributed by atoms with Gasteiger partial charge < -0.3 is 15.0 Å². The van der Waals surface area contributed by atoms with E-state index >= 15 is 0 Å². The molecule has 4 aromatic carbocycles. The molecule has 0 aliphatic rings. The van der Waals surface area contributed by atoms with Crippen molar-refractivity contribution in [2.45, 2.75) is 43.8 Å². The third kappa shape index (κ3) is 9.09. The molecule has 1 atom stereocenters. The summed E-state index contributed by atoms with van der Waals surface area (Å²) < 4.78 is 35.3. The number of anilines is 1. The van der Waals surface area contributed by atoms with Crippen LogP contribution in [0, 0.1) is 0 Å². The van der Waals surface area contributed by atoms with Crippen LogP contribution in [0.2, 0.25) is 5.02 Å². The maximum atomic E-state index is 14.5. The van der Waals surface area contributed by atoms with Crippen molar-refractivity contribution in [3.8, 4) is 5.75 Å². The van der Waals surface area contributed by atoms with Crippen LogP contribution in [-0.4, -0.2) is 50.9 Å². The van der Waals surface area contributed by atoms with Crippen LogP contribution in [0.1, 0.15) is 25.0 Å². The zero-order valence-electron chi connectivity index (χ0n) is 25.2. The van der Waals surface area contributed by atoms with E-state index in [2.05, 4.69) is 21.2 Å². The Balaban J connectivity index is 1.81. The predicted molar refractivity (Wildman–Crippen MR) is 181 cm³/mol. The average molecular weight is 713 g/mol. The number of carbonyl (C=O) groups is 2. The number of methoxy groups -OCH3 is 1. The summed E-state index contributed by atoms with van der Waals surface area (Å²) in [6.45, 7) is 3.18. The molecule has 1 N–H and O–H groups in total. The molecule has 0 fully saturated rings. The molecule has 4 aromatic rings. The second kappa shape index (κ2) is 15.4. The molecule has 45 heavy (non-hydrogen) atoms. The minimum atomic E-state index is -4.26. The second-order valence-electron chi connectivity index (χ2n) is 10.7. The second-order valence-corrected chi connectivity index (χ2v) is 13.9. The Hall–Kier alpha value is -3.86. The standard InChI is InChI=1S/C34H35BrClN3O5S/c1-24(2)37-34(41)32(20-25-9-5-4-6-10-25)38(22-26-11-7-12-27(35)19-26)33(40)23-39(29-14-8-13-28(36)21-29)45(42,43)31-17-15-30(44-3)16-18-31/h4-19,21,24,32H,20,22-23H2,1-3H3,(H,37,41)/t32-/m1/s1. The lowest BCUT2D eigenvalue weighted by Crippen LogP contribution is -2.54. The third-order valence-corrected chi connectivity index (χ3v) is 9.48. The van der Waals surface area contributed by atoms with E-state index in [-0.39, 0.29) is 35.5 Å². The van der Waals surface area contributed by atoms with E-state index in [4.69, 9.17) is 16.3 Å². The molecule has 0 unspecified atom stereocenters. The SMILES string of the molecule is COc1ccc(S(=O)(=O)N(CC(=O)N(Cc2cccc(Br)c2)[C@H](Cc2ccccc2)C(=O)NC(C)C)c2cccc(Cl)c2)cc1. The van der Waals surface area contributed by atoms with Gasteiger partial charge in [0.2, 0.25) is 11.8 Å². The molecule has 0 saturated heterocycles. The number of nitrogens with one attached hydrogen (secondary N) is 1. The van der Waals surface area contributed by atoms with Crippen LogP contribution in [0.25, 0.3) is 0 Å². The highest BCUT2D eigenvalue weighted by Gasteiger charge is 2.35. The summed E-state index contributed by atoms with van der Waals surface area (Å²) in [6.07, 6.45) is 0.224. The fraction of sp³-hybridized carbons (Fsp3) is 0.235. The number of hydrogen-bond donors (Lipinski definition) is 1. The summed E-state index contributed by atoms with van der Waals surface area (Å²) in [6, 6.07) is 27.9. The van der Waals surface area contributed by atoms with E-state index in [0.29, 0.717) is 10.8 Å². The van der Waals surface area contributed by atoms with Crippen LogP contribution in [0.3, 0.4) is 0 Å². The van der Waals surface area contributed by atoms with Gasteiger partial charge in [-0.3, -0.25) is 13.9 Å². The van der Waals surface area contributed by atoms with Crippen molar-refractivity contribution >= 4 is 55.1 Å². The van der Waals surface area contributed by atoms with Crippen molar-refractivity contribution in [1.29, 1.82) is 0 Å². The molecule has 0 saturated carbocycles. The van der Waals surface area contributed by atoms with Crippen LogP contribution < -0.4 is 14.4 Å². The number of hydrogen-bond acceptors (Lipinski definition) is 5. The van der Waals surface area contributed by atoms with Gasteiger partial charge in [-0.25, -0.2) is 8.42 Å². The summed E-state index contributed by atoms with van der Waals surface area (Å²) in [5, 5.41) is 3.26. The predicted octanol–water partition coefficient (Wildman–Crippen LogP) is 6.47. The molecule has 8 nitrogen and oxygen atoms in total. The van der Waals surface area contributed by atoms with E-state index in [9.17, 15) is 18.0 Å². The first-order chi connectivity index (χ1) is 21.5. The number of rotatable bonds is 13. The van der Waals surface area contributed by atoms with Gasteiger partial charge in [-0.1, -0.05) is 76.1 Å². The molecule has 0 bridgehead atoms. The fourth-order valence-electron chi connectivity index (χ4n) is 4.80. The quantitative estimate of drug-likeness (QED) is 0.172. The molecule has 0 heterocycles. The normalized spacial score (nSPS) is 12.0. The van der Waals surface area contributed by atoms with Crippen molar-refractivity contribution in [2.24, 2.45) is 0 Å². The Morgan fingerprint density at radius 2 is 1.56 bits per heavy atom. The number of amides is 2. The summed E-state index contributed by atoms with van der Waals surface area (Å²) in [5.74, 6) is -0.421. The lowest BCUT2D eigenvalue weighted by molar-refractivity contribution is -0.140. The highest BCUT2D eigenvalue weighted by molar-refractivity contribution is 9.10. The minimum absolute atomic E-state index is 0.0343. The van der Waals surface area contributed by atoms with Crippen LogP contribution in [-0.2, 0) is 32.6 Å². The van der Waals surface area contributed by atoms with Crippen molar-refractivity contribution in [2.75, 3.05) is 18.0 Å². The molecule has 0 aromatic heterocycles. The first-order valence-electron chi connectivity index (χ1n) is 14.3. The molecule has 4 rings (SSSR count). The van der Waals surface area contributed by atoms with Crippen LogP contribution in [0.15, 0.2) is 112 Å². The highest BCUT2D eigenvalue weighted by atomic mass is 79.9. The molecule has 0 radical (unpaired) electrons. The zero-order chi connectivity index (χ0) is 32.6. The van der Waals surface area contributed by atoms with Gasteiger partial charge in [-0.2, -0.15) is 0 Å². The van der Waals surface area contributed by atoms with Gasteiger partial charge in [-0.15, -0.1) is 0 Å². The molecule has 11 heteroatoms. The van der Waals surface area contributed by atoms with Crippen LogP contribution in [0.5, 0.6) is 5.75 Å². The maximum absolute atomic E-state index is 14.5. The van der Waals surface area contributed by atoms with Crippen molar-refractivity contribution in [3.05, 3.63) is 124 Å². The van der Waals surface area contributed by atoms with Crippen molar-refractivity contribution in [3.63, 3.8) is 0 Å². The molecule has 2 amide bonds. The van der Waals surface area contributed by atoms with Gasteiger partial charge in [0.25, 0.3) is 10.0 Å². The zero-order valence-corrected chi connectivity index (χ0v) is 28.3. The van der Waals surface area contributed by atoms with E-state index < -0.39 is 28.5 Å². The molecule has 236 valence electrons. The Labute approximate surface area is 278 Å². The van der Waals surface area contributed by atoms with Crippen molar-refractivity contribution < 1.29 is 22.7 Å². The Bertz CT molecular complexity index is 1720. The molecule has 0 aliphatic carbocycles. The van der Waals surface area contributed by atoms with Crippen LogP contribution >= 0.6 is 27.5 Å². The van der Waals surface area contributed by atoms with Gasteiger partial charge in [0.05, 0.1) is 17.7 Å². The van der Waals surface area contributed by atoms with Gasteiger partial charge in [-0.05, 0) is 79.6 Å². The van der Waals surface area contributed by atoms with E-state index in [1.165, 1.54) is 42.3 Å². The molecular formula is C34H35BrClN3O5S. The summed E-state index contributed by atoms with van der Waals surface area (Å²) in [5.41, 5.74) is 1.83. The van der Waals surface area contributed by atoms with Gasteiger partial charge >= 0.3 is 0 Å². The summed E-state index contributed by atoms with van der Waals surface area (Å²) in [4.78, 5) is 29.7. The number of halogens is 2. The number of nitrogens with zero attached hydrogens (tertiary/aromatic N) is 2. The van der Waals surface area contributed by atoms with Gasteiger partial charge in [0.1, 0.15) is 18.3 Å². The molecule has 0 aliphatic heterocycles. The first kappa shape index (κ1) is 34.0. The lowest BCUT2D eigenvalue weighted by Gasteiger charge is -2.34. The van der Waals surface area contributed by atoms with E-state index in [1.807, 2.05) is 68.4 Å². The van der Waals surface area contributed by atoms with Crippen LogP contribution in [0.4, 0.5) is 5.69 Å². The monoisotopic (exact) mass is 711 g/mol. The fourth-order valence-corrected chi connectivity index (χ4v) is 6.84. The number of ether oxygens (including phenoxy) is 1. The molecule has 0 spiro atoms. The van der Waals surface area contributed by atoms with E-state index in [1.54, 1.807) is 18.2 Å². The largest absolute Gasteiger partial charge is 0.497 e. The average Bonchev–Trinajstić information content (AvgIpc) is 3.01. The number of carbonyl (C=O) groups excluding carboxylic acids is 2. The third-order valence-electron chi connectivity index (χ3n) is 6.97. The summed E-state index contributed by atoms with van der Waals surface area (Å²) >= 11 is 9.78. The van der Waals surface area contributed by atoms with Gasteiger partial charge in [0.15, 0.2) is 0 Å². The van der Waals surface area contributed by atoms with E-state index in [0.717, 1.165) is 19.9 Å². The number of sulfonamides is 1.